The fraction of sp³-hybridized carbons (Fsp3) is 0.294. The largest absolute Gasteiger partial charge is 0.497 e. The van der Waals surface area contributed by atoms with Gasteiger partial charge in [0.2, 0.25) is 0 Å². The molecular formula is C51H49NO4. The molecule has 2 heterocycles. The van der Waals surface area contributed by atoms with Crippen LogP contribution in [0.1, 0.15) is 72.8 Å². The third-order valence-electron chi connectivity index (χ3n) is 13.0. The summed E-state index contributed by atoms with van der Waals surface area (Å²) in [5.41, 5.74) is 11.4. The maximum absolute atomic E-state index is 7.81. The molecule has 4 aliphatic rings. The first kappa shape index (κ1) is 34.9. The van der Waals surface area contributed by atoms with Crippen LogP contribution in [0.3, 0.4) is 0 Å². The summed E-state index contributed by atoms with van der Waals surface area (Å²) in [4.78, 5) is 2.40. The van der Waals surface area contributed by atoms with Gasteiger partial charge in [-0.25, -0.2) is 0 Å². The number of rotatable bonds is 6. The molecule has 0 radical (unpaired) electrons. The van der Waals surface area contributed by atoms with Crippen molar-refractivity contribution >= 4 is 22.5 Å². The molecule has 0 aromatic heterocycles. The fourth-order valence-corrected chi connectivity index (χ4v) is 10.3. The molecule has 1 unspecified atom stereocenters. The van der Waals surface area contributed by atoms with Gasteiger partial charge in [0.05, 0.1) is 27.4 Å². The Morgan fingerprint density at radius 1 is 0.643 bits per heavy atom. The van der Waals surface area contributed by atoms with Crippen LogP contribution in [0, 0.1) is 0 Å². The van der Waals surface area contributed by atoms with E-state index in [0.29, 0.717) is 0 Å². The second-order valence-electron chi connectivity index (χ2n) is 15.9. The number of methoxy groups -OCH3 is 2. The van der Waals surface area contributed by atoms with Crippen LogP contribution >= 0.6 is 0 Å². The van der Waals surface area contributed by atoms with E-state index in [2.05, 4.69) is 120 Å². The normalized spacial score (nSPS) is 19.7. The molecule has 2 aliphatic heterocycles. The summed E-state index contributed by atoms with van der Waals surface area (Å²) in [5, 5.41) is 2.28. The Morgan fingerprint density at radius 3 is 2.04 bits per heavy atom. The number of anilines is 1. The van der Waals surface area contributed by atoms with Crippen molar-refractivity contribution in [3.8, 4) is 39.5 Å². The average molecular weight is 740 g/mol. The maximum Gasteiger partial charge on any atom is 0.178 e. The van der Waals surface area contributed by atoms with Crippen molar-refractivity contribution in [3.63, 3.8) is 0 Å². The monoisotopic (exact) mass is 739 g/mol. The molecule has 10 rings (SSSR count). The van der Waals surface area contributed by atoms with Gasteiger partial charge in [0.25, 0.3) is 0 Å². The van der Waals surface area contributed by atoms with Gasteiger partial charge in [-0.2, -0.15) is 0 Å². The molecule has 0 amide bonds. The van der Waals surface area contributed by atoms with Crippen molar-refractivity contribution < 1.29 is 18.9 Å². The molecule has 1 atom stereocenters. The maximum atomic E-state index is 7.81. The summed E-state index contributed by atoms with van der Waals surface area (Å²) in [6.45, 7) is 3.28. The second kappa shape index (κ2) is 14.2. The zero-order valence-corrected chi connectivity index (χ0v) is 32.5. The molecule has 1 spiro atoms. The van der Waals surface area contributed by atoms with Crippen LogP contribution in [-0.4, -0.2) is 40.5 Å². The topological polar surface area (TPSA) is 40.2 Å². The lowest BCUT2D eigenvalue weighted by atomic mass is 9.67. The quantitative estimate of drug-likeness (QED) is 0.170. The first-order valence-corrected chi connectivity index (χ1v) is 20.5. The van der Waals surface area contributed by atoms with Crippen molar-refractivity contribution in [1.29, 1.82) is 0 Å². The minimum Gasteiger partial charge on any atom is -0.497 e. The molecule has 6 aromatic rings. The molecular weight excluding hydrogens is 691 g/mol. The number of hydrogen-bond acceptors (Lipinski definition) is 5. The van der Waals surface area contributed by atoms with Crippen LogP contribution in [0.25, 0.3) is 39.1 Å². The van der Waals surface area contributed by atoms with Crippen LogP contribution < -0.4 is 19.1 Å². The summed E-state index contributed by atoms with van der Waals surface area (Å²) in [6.07, 6.45) is 13.3. The van der Waals surface area contributed by atoms with Gasteiger partial charge < -0.3 is 23.8 Å². The van der Waals surface area contributed by atoms with E-state index >= 15 is 0 Å². The van der Waals surface area contributed by atoms with E-state index in [9.17, 15) is 0 Å². The van der Waals surface area contributed by atoms with E-state index in [1.807, 2.05) is 12.1 Å². The van der Waals surface area contributed by atoms with E-state index in [0.717, 1.165) is 84.0 Å². The highest BCUT2D eigenvalue weighted by molar-refractivity contribution is 6.10. The van der Waals surface area contributed by atoms with Crippen LogP contribution in [0.15, 0.2) is 121 Å². The standard InChI is InChI=1S/C51H49NO4/c1-53-39-23-19-37(20-24-39)51(36-17-21-38(22-18-36)52-29-31-55-32-30-52)28-25-41-48-47(40-15-9-10-16-45(40)50(48)26-11-4-3-5-12-27-50)43-33-42(35-13-7-6-8-14-35)46(54-2)34-44(43)49(41)56-51/h6-10,13-25,28,33-34H,3-5,11-12,26-27,29-32H2,1-2H3. The summed E-state index contributed by atoms with van der Waals surface area (Å²) in [5.74, 6) is 2.57. The van der Waals surface area contributed by atoms with Crippen molar-refractivity contribution in [1.82, 2.24) is 0 Å². The number of nitrogens with zero attached hydrogens (tertiary/aromatic N) is 1. The van der Waals surface area contributed by atoms with Gasteiger partial charge in [-0.3, -0.25) is 0 Å². The van der Waals surface area contributed by atoms with E-state index in [4.69, 9.17) is 18.9 Å². The van der Waals surface area contributed by atoms with Crippen molar-refractivity contribution in [2.75, 3.05) is 45.4 Å². The first-order valence-electron chi connectivity index (χ1n) is 20.5. The van der Waals surface area contributed by atoms with E-state index in [1.54, 1.807) is 14.2 Å². The third kappa shape index (κ3) is 5.54. The highest BCUT2D eigenvalue weighted by Gasteiger charge is 2.48. The van der Waals surface area contributed by atoms with E-state index in [1.165, 1.54) is 71.0 Å². The minimum absolute atomic E-state index is 0.0922. The molecule has 2 fully saturated rings. The SMILES string of the molecule is COc1ccc(C2(c3ccc(N4CCOCC4)cc3)C=Cc3c4c(c5cc(-c6ccccc6)c(OC)cc5c3O2)-c2ccccc2C42CCCCCCC2)cc1. The summed E-state index contributed by atoms with van der Waals surface area (Å²) in [7, 11) is 3.50. The van der Waals surface area contributed by atoms with Gasteiger partial charge in [-0.1, -0.05) is 117 Å². The molecule has 5 nitrogen and oxygen atoms in total. The number of hydrogen-bond donors (Lipinski definition) is 0. The van der Waals surface area contributed by atoms with Gasteiger partial charge in [0.1, 0.15) is 17.2 Å². The van der Waals surface area contributed by atoms with Crippen LogP contribution in [0.5, 0.6) is 17.2 Å². The Labute approximate surface area is 330 Å². The second-order valence-corrected chi connectivity index (χ2v) is 15.9. The lowest BCUT2D eigenvalue weighted by Crippen LogP contribution is -2.37. The smallest absolute Gasteiger partial charge is 0.178 e. The number of ether oxygens (including phenoxy) is 4. The molecule has 0 bridgehead atoms. The van der Waals surface area contributed by atoms with Gasteiger partial charge in [0.15, 0.2) is 5.60 Å². The Bertz CT molecular complexity index is 2420. The molecule has 1 saturated carbocycles. The lowest BCUT2D eigenvalue weighted by molar-refractivity contribution is 0.122. The average Bonchev–Trinajstić information content (AvgIpc) is 3.55. The Hall–Kier alpha value is -5.52. The van der Waals surface area contributed by atoms with Crippen molar-refractivity contribution in [2.45, 2.75) is 56.0 Å². The number of morpholine rings is 1. The zero-order valence-electron chi connectivity index (χ0n) is 32.5. The highest BCUT2D eigenvalue weighted by atomic mass is 16.5. The zero-order chi connectivity index (χ0) is 37.7. The van der Waals surface area contributed by atoms with Gasteiger partial charge >= 0.3 is 0 Å². The number of benzene rings is 6. The van der Waals surface area contributed by atoms with Crippen molar-refractivity contribution in [2.24, 2.45) is 0 Å². The Kier molecular flexibility index (Phi) is 8.86. The fourth-order valence-electron chi connectivity index (χ4n) is 10.3. The Morgan fingerprint density at radius 2 is 1.32 bits per heavy atom. The predicted octanol–water partition coefficient (Wildman–Crippen LogP) is 11.7. The first-order chi connectivity index (χ1) is 27.6. The summed E-state index contributed by atoms with van der Waals surface area (Å²) < 4.78 is 25.4. The Balaban J connectivity index is 1.26. The van der Waals surface area contributed by atoms with E-state index in [-0.39, 0.29) is 5.41 Å². The molecule has 2 aliphatic carbocycles. The lowest BCUT2D eigenvalue weighted by Gasteiger charge is -2.40. The number of fused-ring (bicyclic) bond motifs is 10. The molecule has 5 heteroatoms. The van der Waals surface area contributed by atoms with Gasteiger partial charge in [-0.15, -0.1) is 0 Å². The van der Waals surface area contributed by atoms with Crippen LogP contribution in [0.2, 0.25) is 0 Å². The highest BCUT2D eigenvalue weighted by Crippen LogP contribution is 2.62. The van der Waals surface area contributed by atoms with Gasteiger partial charge in [-0.05, 0) is 88.5 Å². The van der Waals surface area contributed by atoms with Crippen LogP contribution in [0.4, 0.5) is 5.69 Å². The molecule has 56 heavy (non-hydrogen) atoms. The van der Waals surface area contributed by atoms with E-state index < -0.39 is 5.60 Å². The predicted molar refractivity (Wildman–Crippen MR) is 227 cm³/mol. The molecule has 0 N–H and O–H groups in total. The molecule has 6 aromatic carbocycles. The van der Waals surface area contributed by atoms with Crippen molar-refractivity contribution in [3.05, 3.63) is 149 Å². The van der Waals surface area contributed by atoms with Gasteiger partial charge in [0, 0.05) is 51.8 Å². The molecule has 1 saturated heterocycles. The minimum atomic E-state index is -0.894. The summed E-state index contributed by atoms with van der Waals surface area (Å²) >= 11 is 0. The van der Waals surface area contributed by atoms with Crippen LogP contribution in [-0.2, 0) is 15.8 Å². The third-order valence-corrected chi connectivity index (χ3v) is 13.0. The summed E-state index contributed by atoms with van der Waals surface area (Å²) in [6, 6.07) is 41.9. The molecule has 282 valence electrons.